The number of benzene rings is 2. The number of nitrogens with zero attached hydrogens (tertiary/aromatic N) is 1. The number of carbonyl (C=O) groups excluding carboxylic acids is 2. The first-order valence-electron chi connectivity index (χ1n) is 9.40. The highest BCUT2D eigenvalue weighted by atomic mass is 16.2. The number of hydrogen-bond acceptors (Lipinski definition) is 3. The van der Waals surface area contributed by atoms with Crippen LogP contribution in [0.5, 0.6) is 0 Å². The summed E-state index contributed by atoms with van der Waals surface area (Å²) in [5.74, 6) is -0.281. The van der Waals surface area contributed by atoms with Gasteiger partial charge in [-0.05, 0) is 56.6 Å². The van der Waals surface area contributed by atoms with Crippen molar-refractivity contribution in [1.29, 1.82) is 0 Å². The van der Waals surface area contributed by atoms with Crippen LogP contribution in [0.4, 0.5) is 11.4 Å². The first kappa shape index (κ1) is 20.6. The Morgan fingerprint density at radius 1 is 0.852 bits per heavy atom. The van der Waals surface area contributed by atoms with Crippen molar-refractivity contribution in [2.45, 2.75) is 33.1 Å². The van der Waals surface area contributed by atoms with E-state index in [9.17, 15) is 9.59 Å². The van der Waals surface area contributed by atoms with Gasteiger partial charge in [0.1, 0.15) is 0 Å². The SMILES string of the molecule is CCCCc1ccc(NC(=O)CN(C)CC(=O)Nc2ccc(C)cc2)cc1. The summed E-state index contributed by atoms with van der Waals surface area (Å²) in [5, 5.41) is 5.71. The number of amides is 2. The van der Waals surface area contributed by atoms with E-state index in [2.05, 4.69) is 17.6 Å². The van der Waals surface area contributed by atoms with E-state index >= 15 is 0 Å². The van der Waals surface area contributed by atoms with E-state index in [4.69, 9.17) is 0 Å². The van der Waals surface area contributed by atoms with Crippen LogP contribution >= 0.6 is 0 Å². The van der Waals surface area contributed by atoms with Crippen molar-refractivity contribution in [2.24, 2.45) is 0 Å². The van der Waals surface area contributed by atoms with Crippen molar-refractivity contribution in [3.05, 3.63) is 59.7 Å². The monoisotopic (exact) mass is 367 g/mol. The van der Waals surface area contributed by atoms with Gasteiger partial charge in [0.15, 0.2) is 0 Å². The standard InChI is InChI=1S/C22H29N3O2/c1-4-5-6-18-9-13-20(14-10-18)24-22(27)16-25(3)15-21(26)23-19-11-7-17(2)8-12-19/h7-14H,4-6,15-16H2,1-3H3,(H,23,26)(H,24,27). The van der Waals surface area contributed by atoms with Crippen molar-refractivity contribution in [2.75, 3.05) is 30.8 Å². The Hall–Kier alpha value is -2.66. The summed E-state index contributed by atoms with van der Waals surface area (Å²) < 4.78 is 0. The largest absolute Gasteiger partial charge is 0.325 e. The molecule has 0 radical (unpaired) electrons. The number of anilines is 2. The van der Waals surface area contributed by atoms with Crippen molar-refractivity contribution in [3.63, 3.8) is 0 Å². The van der Waals surface area contributed by atoms with Gasteiger partial charge in [-0.3, -0.25) is 14.5 Å². The third-order valence-corrected chi connectivity index (χ3v) is 4.22. The molecule has 5 nitrogen and oxygen atoms in total. The number of rotatable bonds is 9. The Balaban J connectivity index is 1.75. The number of hydrogen-bond donors (Lipinski definition) is 2. The van der Waals surface area contributed by atoms with Gasteiger partial charge in [-0.2, -0.15) is 0 Å². The number of likely N-dealkylation sites (N-methyl/N-ethyl adjacent to an activating group) is 1. The molecule has 2 aromatic rings. The molecule has 0 aliphatic heterocycles. The van der Waals surface area contributed by atoms with Crippen LogP contribution in [0.1, 0.15) is 30.9 Å². The van der Waals surface area contributed by atoms with Crippen LogP contribution in [0.3, 0.4) is 0 Å². The number of nitrogens with one attached hydrogen (secondary N) is 2. The summed E-state index contributed by atoms with van der Waals surface area (Å²) in [6.07, 6.45) is 3.40. The lowest BCUT2D eigenvalue weighted by Crippen LogP contribution is -2.36. The Labute approximate surface area is 161 Å². The quantitative estimate of drug-likeness (QED) is 0.708. The summed E-state index contributed by atoms with van der Waals surface area (Å²) in [6.45, 7) is 4.47. The summed E-state index contributed by atoms with van der Waals surface area (Å²) in [6, 6.07) is 15.6. The third kappa shape index (κ3) is 7.62. The van der Waals surface area contributed by atoms with Crippen molar-refractivity contribution in [3.8, 4) is 0 Å². The molecule has 0 aromatic heterocycles. The maximum atomic E-state index is 12.2. The molecule has 0 saturated heterocycles. The molecule has 2 N–H and O–H groups in total. The van der Waals surface area contributed by atoms with Gasteiger partial charge < -0.3 is 10.6 Å². The van der Waals surface area contributed by atoms with E-state index in [0.29, 0.717) is 0 Å². The van der Waals surface area contributed by atoms with Crippen LogP contribution in [0.15, 0.2) is 48.5 Å². The lowest BCUT2D eigenvalue weighted by Gasteiger charge is -2.16. The van der Waals surface area contributed by atoms with E-state index in [1.807, 2.05) is 55.5 Å². The van der Waals surface area contributed by atoms with Crippen LogP contribution in [0.25, 0.3) is 0 Å². The van der Waals surface area contributed by atoms with Crippen molar-refractivity contribution in [1.82, 2.24) is 4.90 Å². The van der Waals surface area contributed by atoms with Gasteiger partial charge in [0.2, 0.25) is 11.8 Å². The minimum absolute atomic E-state index is 0.137. The fourth-order valence-electron chi connectivity index (χ4n) is 2.72. The van der Waals surface area contributed by atoms with E-state index < -0.39 is 0 Å². The van der Waals surface area contributed by atoms with Crippen LogP contribution < -0.4 is 10.6 Å². The Morgan fingerprint density at radius 2 is 1.33 bits per heavy atom. The molecule has 0 spiro atoms. The molecule has 5 heteroatoms. The average molecular weight is 367 g/mol. The molecular formula is C22H29N3O2. The molecule has 144 valence electrons. The molecule has 0 aliphatic rings. The molecule has 2 amide bonds. The van der Waals surface area contributed by atoms with Crippen LogP contribution in [0, 0.1) is 6.92 Å². The van der Waals surface area contributed by atoms with Gasteiger partial charge in [0.25, 0.3) is 0 Å². The molecule has 0 bridgehead atoms. The molecule has 0 aliphatic carbocycles. The fourth-order valence-corrected chi connectivity index (χ4v) is 2.72. The third-order valence-electron chi connectivity index (χ3n) is 4.22. The van der Waals surface area contributed by atoms with Gasteiger partial charge in [-0.1, -0.05) is 43.2 Å². The predicted molar refractivity (Wildman–Crippen MR) is 111 cm³/mol. The molecule has 2 rings (SSSR count). The zero-order valence-corrected chi connectivity index (χ0v) is 16.4. The second-order valence-corrected chi connectivity index (χ2v) is 6.94. The fraction of sp³-hybridized carbons (Fsp3) is 0.364. The van der Waals surface area contributed by atoms with Gasteiger partial charge in [-0.25, -0.2) is 0 Å². The second kappa shape index (κ2) is 10.5. The lowest BCUT2D eigenvalue weighted by molar-refractivity contribution is -0.119. The van der Waals surface area contributed by atoms with Crippen LogP contribution in [0.2, 0.25) is 0 Å². The minimum atomic E-state index is -0.144. The molecule has 27 heavy (non-hydrogen) atoms. The summed E-state index contributed by atoms with van der Waals surface area (Å²) in [7, 11) is 1.75. The second-order valence-electron chi connectivity index (χ2n) is 6.94. The number of carbonyl (C=O) groups is 2. The Kier molecular flexibility index (Phi) is 8.01. The van der Waals surface area contributed by atoms with Gasteiger partial charge >= 0.3 is 0 Å². The first-order chi connectivity index (χ1) is 13.0. The highest BCUT2D eigenvalue weighted by Crippen LogP contribution is 2.12. The molecule has 0 unspecified atom stereocenters. The lowest BCUT2D eigenvalue weighted by atomic mass is 10.1. The number of unbranched alkanes of at least 4 members (excludes halogenated alkanes) is 1. The average Bonchev–Trinajstić information content (AvgIpc) is 2.62. The van der Waals surface area contributed by atoms with Crippen LogP contribution in [-0.2, 0) is 16.0 Å². The smallest absolute Gasteiger partial charge is 0.238 e. The van der Waals surface area contributed by atoms with Gasteiger partial charge in [0.05, 0.1) is 13.1 Å². The summed E-state index contributed by atoms with van der Waals surface area (Å²) in [5.41, 5.74) is 3.95. The summed E-state index contributed by atoms with van der Waals surface area (Å²) >= 11 is 0. The highest BCUT2D eigenvalue weighted by Gasteiger charge is 2.11. The molecule has 2 aromatic carbocycles. The molecule has 0 heterocycles. The molecule has 0 saturated carbocycles. The maximum Gasteiger partial charge on any atom is 0.238 e. The van der Waals surface area contributed by atoms with Crippen LogP contribution in [-0.4, -0.2) is 36.9 Å². The Bertz CT molecular complexity index is 739. The first-order valence-corrected chi connectivity index (χ1v) is 9.40. The zero-order chi connectivity index (χ0) is 19.6. The van der Waals surface area contributed by atoms with E-state index in [1.54, 1.807) is 11.9 Å². The van der Waals surface area contributed by atoms with E-state index in [1.165, 1.54) is 18.4 Å². The topological polar surface area (TPSA) is 61.4 Å². The normalized spacial score (nSPS) is 10.7. The van der Waals surface area contributed by atoms with Crippen molar-refractivity contribution < 1.29 is 9.59 Å². The highest BCUT2D eigenvalue weighted by molar-refractivity contribution is 5.94. The van der Waals surface area contributed by atoms with Gasteiger partial charge in [-0.15, -0.1) is 0 Å². The van der Waals surface area contributed by atoms with Gasteiger partial charge in [0, 0.05) is 11.4 Å². The Morgan fingerprint density at radius 3 is 1.81 bits per heavy atom. The molecule has 0 fully saturated rings. The zero-order valence-electron chi connectivity index (χ0n) is 16.4. The van der Waals surface area contributed by atoms with E-state index in [-0.39, 0.29) is 24.9 Å². The molecule has 0 atom stereocenters. The summed E-state index contributed by atoms with van der Waals surface area (Å²) in [4.78, 5) is 25.9. The number of aryl methyl sites for hydroxylation is 2. The predicted octanol–water partition coefficient (Wildman–Crippen LogP) is 3.85. The minimum Gasteiger partial charge on any atom is -0.325 e. The maximum absolute atomic E-state index is 12.2. The van der Waals surface area contributed by atoms with E-state index in [0.717, 1.165) is 23.4 Å². The van der Waals surface area contributed by atoms with Crippen molar-refractivity contribution >= 4 is 23.2 Å². The molecular weight excluding hydrogens is 338 g/mol.